The molecule has 0 aromatic heterocycles. The van der Waals surface area contributed by atoms with Crippen LogP contribution in [0.4, 0.5) is 4.79 Å². The zero-order chi connectivity index (χ0) is 19.4. The van der Waals surface area contributed by atoms with Crippen LogP contribution in [0, 0.1) is 0 Å². The van der Waals surface area contributed by atoms with Crippen LogP contribution in [0.3, 0.4) is 0 Å². The van der Waals surface area contributed by atoms with E-state index in [0.29, 0.717) is 16.1 Å². The van der Waals surface area contributed by atoms with Gasteiger partial charge in [0.05, 0.1) is 11.1 Å². The predicted octanol–water partition coefficient (Wildman–Crippen LogP) is 1.83. The highest BCUT2D eigenvalue weighted by atomic mass is 35.5. The molecule has 1 aliphatic rings. The van der Waals surface area contributed by atoms with Crippen LogP contribution in [-0.4, -0.2) is 26.6 Å². The van der Waals surface area contributed by atoms with Crippen molar-refractivity contribution < 1.29 is 18.0 Å². The lowest BCUT2D eigenvalue weighted by Gasteiger charge is -2.04. The largest absolute Gasteiger partial charge is 0.326 e. The van der Waals surface area contributed by atoms with Gasteiger partial charge >= 0.3 is 6.03 Å². The molecule has 3 rings (SSSR count). The summed E-state index contributed by atoms with van der Waals surface area (Å²) in [6.07, 6.45) is 2.79. The molecule has 0 spiro atoms. The summed E-state index contributed by atoms with van der Waals surface area (Å²) in [6.45, 7) is 0. The quantitative estimate of drug-likeness (QED) is 0.305. The predicted molar refractivity (Wildman–Crippen MR) is 100 cm³/mol. The Hall–Kier alpha value is -3.17. The van der Waals surface area contributed by atoms with E-state index in [1.807, 2.05) is 0 Å². The molecule has 138 valence electrons. The summed E-state index contributed by atoms with van der Waals surface area (Å²) < 4.78 is 24.5. The van der Waals surface area contributed by atoms with Crippen LogP contribution in [0.1, 0.15) is 11.1 Å². The Kier molecular flexibility index (Phi) is 5.24. The standard InChI is InChI=1S/C17H13ClN4O4S/c18-13-5-1-12(2-6-13)10-19-22-27(25,26)14-7-3-11(4-8-14)9-15-16(23)21-17(24)20-15/h1-10,22H,(H2,20,21,23,24)/b15-9-,19-10?. The van der Waals surface area contributed by atoms with Gasteiger partial charge in [0.1, 0.15) is 5.70 Å². The first kappa shape index (κ1) is 18.6. The number of urea groups is 1. The van der Waals surface area contributed by atoms with Gasteiger partial charge in [0.25, 0.3) is 15.9 Å². The minimum absolute atomic E-state index is 0.00202. The van der Waals surface area contributed by atoms with Crippen LogP contribution >= 0.6 is 11.6 Å². The summed E-state index contributed by atoms with van der Waals surface area (Å²) >= 11 is 5.78. The number of nitrogens with one attached hydrogen (secondary N) is 3. The summed E-state index contributed by atoms with van der Waals surface area (Å²) in [7, 11) is -3.85. The van der Waals surface area contributed by atoms with E-state index in [2.05, 4.69) is 20.6 Å². The maximum Gasteiger partial charge on any atom is 0.326 e. The van der Waals surface area contributed by atoms with E-state index in [1.165, 1.54) is 36.6 Å². The van der Waals surface area contributed by atoms with Crippen molar-refractivity contribution in [2.24, 2.45) is 5.10 Å². The van der Waals surface area contributed by atoms with Gasteiger partial charge in [-0.15, -0.1) is 0 Å². The Labute approximate surface area is 160 Å². The van der Waals surface area contributed by atoms with Gasteiger partial charge in [0.2, 0.25) is 0 Å². The van der Waals surface area contributed by atoms with E-state index in [1.54, 1.807) is 24.3 Å². The highest BCUT2D eigenvalue weighted by Gasteiger charge is 2.22. The highest BCUT2D eigenvalue weighted by Crippen LogP contribution is 2.14. The van der Waals surface area contributed by atoms with Crippen LogP contribution in [0.2, 0.25) is 5.02 Å². The third-order valence-corrected chi connectivity index (χ3v) is 4.97. The average molecular weight is 405 g/mol. The fourth-order valence-corrected chi connectivity index (χ4v) is 3.08. The molecule has 3 amide bonds. The van der Waals surface area contributed by atoms with Gasteiger partial charge in [0.15, 0.2) is 0 Å². The molecule has 8 nitrogen and oxygen atoms in total. The van der Waals surface area contributed by atoms with Crippen molar-refractivity contribution in [3.63, 3.8) is 0 Å². The molecule has 1 fully saturated rings. The lowest BCUT2D eigenvalue weighted by atomic mass is 10.2. The van der Waals surface area contributed by atoms with E-state index in [4.69, 9.17) is 11.6 Å². The van der Waals surface area contributed by atoms with E-state index in [0.717, 1.165) is 0 Å². The van der Waals surface area contributed by atoms with Gasteiger partial charge in [-0.25, -0.2) is 9.63 Å². The molecule has 0 atom stereocenters. The summed E-state index contributed by atoms with van der Waals surface area (Å²) in [5.74, 6) is -0.546. The van der Waals surface area contributed by atoms with E-state index in [-0.39, 0.29) is 10.6 Å². The first-order valence-electron chi connectivity index (χ1n) is 7.58. The van der Waals surface area contributed by atoms with Gasteiger partial charge in [0, 0.05) is 5.02 Å². The Bertz CT molecular complexity index is 1050. The van der Waals surface area contributed by atoms with Crippen molar-refractivity contribution in [1.29, 1.82) is 0 Å². The molecule has 3 N–H and O–H groups in total. The summed E-state index contributed by atoms with van der Waals surface area (Å²) in [6, 6.07) is 11.8. The van der Waals surface area contributed by atoms with Crippen molar-refractivity contribution in [2.45, 2.75) is 4.90 Å². The summed E-state index contributed by atoms with van der Waals surface area (Å²) in [5.41, 5.74) is 1.31. The van der Waals surface area contributed by atoms with Gasteiger partial charge < -0.3 is 5.32 Å². The lowest BCUT2D eigenvalue weighted by Crippen LogP contribution is -2.22. The zero-order valence-electron chi connectivity index (χ0n) is 13.6. The second-order valence-corrected chi connectivity index (χ2v) is 7.54. The van der Waals surface area contributed by atoms with E-state index < -0.39 is 22.0 Å². The van der Waals surface area contributed by atoms with E-state index >= 15 is 0 Å². The van der Waals surface area contributed by atoms with Crippen molar-refractivity contribution >= 4 is 45.9 Å². The second-order valence-electron chi connectivity index (χ2n) is 5.44. The molecule has 1 heterocycles. The van der Waals surface area contributed by atoms with Gasteiger partial charge in [-0.2, -0.15) is 13.5 Å². The van der Waals surface area contributed by atoms with E-state index in [9.17, 15) is 18.0 Å². The molecule has 0 bridgehead atoms. The molecule has 0 aliphatic carbocycles. The van der Waals surface area contributed by atoms with Crippen molar-refractivity contribution in [3.8, 4) is 0 Å². The summed E-state index contributed by atoms with van der Waals surface area (Å²) in [4.78, 5) is 24.7. The fourth-order valence-electron chi connectivity index (χ4n) is 2.16. The number of benzene rings is 2. The zero-order valence-corrected chi connectivity index (χ0v) is 15.2. The van der Waals surface area contributed by atoms with Gasteiger partial charge in [-0.3, -0.25) is 10.1 Å². The fraction of sp³-hybridized carbons (Fsp3) is 0. The minimum Gasteiger partial charge on any atom is -0.303 e. The topological polar surface area (TPSA) is 117 Å². The molecular formula is C17H13ClN4O4S. The number of imide groups is 1. The number of nitrogens with zero attached hydrogens (tertiary/aromatic N) is 1. The molecule has 0 radical (unpaired) electrons. The third-order valence-electron chi connectivity index (χ3n) is 3.48. The third kappa shape index (κ3) is 4.72. The Balaban J connectivity index is 1.70. The molecule has 1 saturated heterocycles. The lowest BCUT2D eigenvalue weighted by molar-refractivity contribution is -0.115. The number of carbonyl (C=O) groups is 2. The van der Waals surface area contributed by atoms with Crippen LogP contribution in [-0.2, 0) is 14.8 Å². The number of halogens is 1. The SMILES string of the molecule is O=C1NC(=O)/C(=C/c2ccc(S(=O)(=O)NN=Cc3ccc(Cl)cc3)cc2)N1. The second kappa shape index (κ2) is 7.60. The van der Waals surface area contributed by atoms with Crippen molar-refractivity contribution in [3.05, 3.63) is 70.4 Å². The van der Waals surface area contributed by atoms with Crippen LogP contribution in [0.15, 0.2) is 64.2 Å². The summed E-state index contributed by atoms with van der Waals surface area (Å²) in [5, 5.41) is 8.72. The normalized spacial score (nSPS) is 15.8. The molecule has 0 unspecified atom stereocenters. The van der Waals surface area contributed by atoms with Crippen LogP contribution < -0.4 is 15.5 Å². The number of hydrogen-bond donors (Lipinski definition) is 3. The minimum atomic E-state index is -3.85. The Morgan fingerprint density at radius 3 is 2.15 bits per heavy atom. The molecular weight excluding hydrogens is 392 g/mol. The molecule has 27 heavy (non-hydrogen) atoms. The maximum absolute atomic E-state index is 12.2. The highest BCUT2D eigenvalue weighted by molar-refractivity contribution is 7.89. The Morgan fingerprint density at radius 1 is 0.926 bits per heavy atom. The first-order chi connectivity index (χ1) is 12.8. The molecule has 2 aromatic rings. The number of rotatable bonds is 5. The van der Waals surface area contributed by atoms with Crippen LogP contribution in [0.25, 0.3) is 6.08 Å². The van der Waals surface area contributed by atoms with Crippen molar-refractivity contribution in [1.82, 2.24) is 15.5 Å². The monoisotopic (exact) mass is 404 g/mol. The molecule has 1 aliphatic heterocycles. The molecule has 2 aromatic carbocycles. The molecule has 10 heteroatoms. The van der Waals surface area contributed by atoms with Crippen LogP contribution in [0.5, 0.6) is 0 Å². The number of carbonyl (C=O) groups excluding carboxylic acids is 2. The maximum atomic E-state index is 12.2. The number of sulfonamides is 1. The van der Waals surface area contributed by atoms with Gasteiger partial charge in [-0.05, 0) is 41.5 Å². The average Bonchev–Trinajstić information content (AvgIpc) is 2.94. The van der Waals surface area contributed by atoms with Crippen molar-refractivity contribution in [2.75, 3.05) is 0 Å². The smallest absolute Gasteiger partial charge is 0.303 e. The number of amides is 3. The Morgan fingerprint density at radius 2 is 1.56 bits per heavy atom. The first-order valence-corrected chi connectivity index (χ1v) is 9.44. The molecule has 0 saturated carbocycles. The van der Waals surface area contributed by atoms with Gasteiger partial charge in [-0.1, -0.05) is 35.9 Å². The number of hydrazone groups is 1. The number of hydrogen-bond acceptors (Lipinski definition) is 5.